The Labute approximate surface area is 159 Å². The molecular weight excluding hydrogens is 373 g/mol. The van der Waals surface area contributed by atoms with Crippen molar-refractivity contribution >= 4 is 11.5 Å². The molecule has 0 spiro atoms. The molecule has 28 heavy (non-hydrogen) atoms. The third kappa shape index (κ3) is 3.37. The maximum atomic E-state index is 14.7. The predicted molar refractivity (Wildman–Crippen MR) is 97.4 cm³/mol. The SMILES string of the molecule is CC(O)C1(F)CCN(c2ccc3ncc(-c4cccc(OC(F)F)c4)n3n2)C1. The highest BCUT2D eigenvalue weighted by molar-refractivity contribution is 5.65. The number of ether oxygens (including phenoxy) is 1. The van der Waals surface area contributed by atoms with Crippen LogP contribution in [-0.2, 0) is 0 Å². The van der Waals surface area contributed by atoms with E-state index in [1.54, 1.807) is 39.9 Å². The molecule has 0 radical (unpaired) electrons. The van der Waals surface area contributed by atoms with Gasteiger partial charge >= 0.3 is 6.61 Å². The first-order chi connectivity index (χ1) is 13.4. The highest BCUT2D eigenvalue weighted by atomic mass is 19.3. The summed E-state index contributed by atoms with van der Waals surface area (Å²) in [5, 5.41) is 14.2. The molecule has 0 bridgehead atoms. The lowest BCUT2D eigenvalue weighted by Crippen LogP contribution is -2.39. The molecular formula is C19H19F3N4O2. The zero-order valence-electron chi connectivity index (χ0n) is 15.1. The molecule has 3 heterocycles. The molecule has 2 aromatic heterocycles. The Morgan fingerprint density at radius 2 is 2.07 bits per heavy atom. The van der Waals surface area contributed by atoms with Crippen LogP contribution in [0.4, 0.5) is 19.0 Å². The Balaban J connectivity index is 1.68. The molecule has 2 atom stereocenters. The number of hydrogen-bond acceptors (Lipinski definition) is 5. The normalized spacial score (nSPS) is 20.9. The van der Waals surface area contributed by atoms with Crippen LogP contribution in [0.2, 0.25) is 0 Å². The van der Waals surface area contributed by atoms with Crippen molar-refractivity contribution in [3.05, 3.63) is 42.6 Å². The maximum absolute atomic E-state index is 14.7. The molecule has 0 aliphatic carbocycles. The van der Waals surface area contributed by atoms with Crippen LogP contribution in [0.15, 0.2) is 42.6 Å². The Morgan fingerprint density at radius 3 is 2.79 bits per heavy atom. The van der Waals surface area contributed by atoms with E-state index >= 15 is 0 Å². The van der Waals surface area contributed by atoms with E-state index in [1.807, 2.05) is 0 Å². The van der Waals surface area contributed by atoms with E-state index in [4.69, 9.17) is 0 Å². The molecule has 0 amide bonds. The van der Waals surface area contributed by atoms with E-state index in [1.165, 1.54) is 19.1 Å². The smallest absolute Gasteiger partial charge is 0.387 e. The average Bonchev–Trinajstić information content (AvgIpc) is 3.25. The standard InChI is InChI=1S/C19H19F3N4O2/c1-12(27)19(22)7-8-25(11-19)17-6-5-16-23-10-15(26(16)24-17)13-3-2-4-14(9-13)28-18(20)21/h2-6,9-10,12,18,27H,7-8,11H2,1H3. The van der Waals surface area contributed by atoms with Crippen molar-refractivity contribution in [2.24, 2.45) is 0 Å². The van der Waals surface area contributed by atoms with Gasteiger partial charge in [0.1, 0.15) is 11.6 Å². The minimum atomic E-state index is -2.91. The summed E-state index contributed by atoms with van der Waals surface area (Å²) in [6.45, 7) is -0.984. The number of alkyl halides is 3. The van der Waals surface area contributed by atoms with Crippen LogP contribution in [0.1, 0.15) is 13.3 Å². The van der Waals surface area contributed by atoms with Crippen molar-refractivity contribution in [2.45, 2.75) is 31.7 Å². The third-order valence-corrected chi connectivity index (χ3v) is 5.03. The van der Waals surface area contributed by atoms with Gasteiger partial charge in [0, 0.05) is 18.5 Å². The van der Waals surface area contributed by atoms with Crippen molar-refractivity contribution in [2.75, 3.05) is 18.0 Å². The fourth-order valence-electron chi connectivity index (χ4n) is 3.39. The van der Waals surface area contributed by atoms with E-state index in [2.05, 4.69) is 14.8 Å². The number of imidazole rings is 1. The lowest BCUT2D eigenvalue weighted by atomic mass is 10.00. The van der Waals surface area contributed by atoms with Crippen LogP contribution in [0.25, 0.3) is 16.9 Å². The molecule has 1 fully saturated rings. The summed E-state index contributed by atoms with van der Waals surface area (Å²) < 4.78 is 45.7. The van der Waals surface area contributed by atoms with E-state index in [-0.39, 0.29) is 18.7 Å². The molecule has 1 aliphatic rings. The zero-order chi connectivity index (χ0) is 19.9. The van der Waals surface area contributed by atoms with Gasteiger partial charge in [-0.3, -0.25) is 0 Å². The van der Waals surface area contributed by atoms with Crippen LogP contribution in [0.3, 0.4) is 0 Å². The number of nitrogens with zero attached hydrogens (tertiary/aromatic N) is 4. The number of rotatable bonds is 5. The molecule has 2 unspecified atom stereocenters. The zero-order valence-corrected chi connectivity index (χ0v) is 15.1. The highest BCUT2D eigenvalue weighted by Gasteiger charge is 2.43. The molecule has 4 rings (SSSR count). The van der Waals surface area contributed by atoms with E-state index < -0.39 is 18.4 Å². The predicted octanol–water partition coefficient (Wildman–Crippen LogP) is 3.30. The molecule has 1 N–H and O–H groups in total. The Morgan fingerprint density at radius 1 is 1.25 bits per heavy atom. The second-order valence-electron chi connectivity index (χ2n) is 6.89. The van der Waals surface area contributed by atoms with Crippen LogP contribution in [0, 0.1) is 0 Å². The first kappa shape index (κ1) is 18.5. The van der Waals surface area contributed by atoms with Gasteiger partial charge in [0.05, 0.1) is 24.5 Å². The summed E-state index contributed by atoms with van der Waals surface area (Å²) in [5.41, 5.74) is 0.105. The Bertz CT molecular complexity index is 994. The van der Waals surface area contributed by atoms with Crippen LogP contribution >= 0.6 is 0 Å². The topological polar surface area (TPSA) is 62.9 Å². The van der Waals surface area contributed by atoms with Crippen molar-refractivity contribution in [1.29, 1.82) is 0 Å². The minimum absolute atomic E-state index is 0.0392. The molecule has 1 aromatic carbocycles. The molecule has 1 saturated heterocycles. The van der Waals surface area contributed by atoms with Gasteiger partial charge in [0.15, 0.2) is 11.3 Å². The van der Waals surface area contributed by atoms with Crippen LogP contribution in [0.5, 0.6) is 5.75 Å². The molecule has 0 saturated carbocycles. The summed E-state index contributed by atoms with van der Waals surface area (Å²) in [6, 6.07) is 9.78. The number of aliphatic hydroxyl groups is 1. The number of hydrogen-bond donors (Lipinski definition) is 1. The second-order valence-corrected chi connectivity index (χ2v) is 6.89. The van der Waals surface area contributed by atoms with Crippen molar-refractivity contribution < 1.29 is 23.0 Å². The van der Waals surface area contributed by atoms with Crippen molar-refractivity contribution in [1.82, 2.24) is 14.6 Å². The van der Waals surface area contributed by atoms with E-state index in [0.717, 1.165) is 0 Å². The lowest BCUT2D eigenvalue weighted by molar-refractivity contribution is -0.0498. The fraction of sp³-hybridized carbons (Fsp3) is 0.368. The molecule has 3 aromatic rings. The summed E-state index contributed by atoms with van der Waals surface area (Å²) in [5.74, 6) is 0.587. The number of aliphatic hydroxyl groups excluding tert-OH is 1. The van der Waals surface area contributed by atoms with Gasteiger partial charge in [0.25, 0.3) is 0 Å². The first-order valence-corrected chi connectivity index (χ1v) is 8.88. The lowest BCUT2D eigenvalue weighted by Gasteiger charge is -2.23. The fourth-order valence-corrected chi connectivity index (χ4v) is 3.39. The Kier molecular flexibility index (Phi) is 4.62. The largest absolute Gasteiger partial charge is 0.435 e. The monoisotopic (exact) mass is 392 g/mol. The van der Waals surface area contributed by atoms with Crippen molar-refractivity contribution in [3.8, 4) is 17.0 Å². The molecule has 6 nitrogen and oxygen atoms in total. The van der Waals surface area contributed by atoms with E-state index in [0.29, 0.717) is 29.3 Å². The molecule has 9 heteroatoms. The quantitative estimate of drug-likeness (QED) is 0.722. The number of halogens is 3. The first-order valence-electron chi connectivity index (χ1n) is 8.88. The third-order valence-electron chi connectivity index (χ3n) is 5.03. The summed E-state index contributed by atoms with van der Waals surface area (Å²) in [7, 11) is 0. The highest BCUT2D eigenvalue weighted by Crippen LogP contribution is 2.32. The number of aromatic nitrogens is 3. The number of fused-ring (bicyclic) bond motifs is 1. The average molecular weight is 392 g/mol. The van der Waals surface area contributed by atoms with Crippen LogP contribution in [-0.4, -0.2) is 51.2 Å². The summed E-state index contributed by atoms with van der Waals surface area (Å²) in [4.78, 5) is 6.06. The van der Waals surface area contributed by atoms with Crippen LogP contribution < -0.4 is 9.64 Å². The maximum Gasteiger partial charge on any atom is 0.387 e. The van der Waals surface area contributed by atoms with Gasteiger partial charge < -0.3 is 14.7 Å². The van der Waals surface area contributed by atoms with Gasteiger partial charge in [0.2, 0.25) is 0 Å². The van der Waals surface area contributed by atoms with Crippen molar-refractivity contribution in [3.63, 3.8) is 0 Å². The van der Waals surface area contributed by atoms with Gasteiger partial charge in [-0.15, -0.1) is 5.10 Å². The summed E-state index contributed by atoms with van der Waals surface area (Å²) in [6.07, 6.45) is 0.740. The molecule has 1 aliphatic heterocycles. The second kappa shape index (κ2) is 6.97. The van der Waals surface area contributed by atoms with Gasteiger partial charge in [-0.2, -0.15) is 8.78 Å². The number of anilines is 1. The Hall–Kier alpha value is -2.81. The minimum Gasteiger partial charge on any atom is -0.435 e. The number of benzene rings is 1. The van der Waals surface area contributed by atoms with Gasteiger partial charge in [-0.25, -0.2) is 13.9 Å². The summed E-state index contributed by atoms with van der Waals surface area (Å²) >= 11 is 0. The van der Waals surface area contributed by atoms with E-state index in [9.17, 15) is 18.3 Å². The van der Waals surface area contributed by atoms with Gasteiger partial charge in [-0.05, 0) is 31.2 Å². The van der Waals surface area contributed by atoms with Gasteiger partial charge in [-0.1, -0.05) is 12.1 Å². The molecule has 148 valence electrons.